The van der Waals surface area contributed by atoms with Gasteiger partial charge < -0.3 is 30.3 Å². The molecule has 0 aromatic carbocycles. The molecule has 0 rings (SSSR count). The van der Waals surface area contributed by atoms with Crippen molar-refractivity contribution in [3.05, 3.63) is 15.3 Å². The second-order valence-electron chi connectivity index (χ2n) is 0.474. The van der Waals surface area contributed by atoms with Crippen molar-refractivity contribution in [2.24, 2.45) is 0 Å². The van der Waals surface area contributed by atoms with Gasteiger partial charge in [-0.1, -0.05) is 0 Å². The molecule has 9 heteroatoms. The van der Waals surface area contributed by atoms with Crippen LogP contribution in [0.15, 0.2) is 0 Å². The molecule has 0 radical (unpaired) electrons. The van der Waals surface area contributed by atoms with E-state index in [1.807, 2.05) is 0 Å². The van der Waals surface area contributed by atoms with Crippen LogP contribution >= 0.6 is 0 Å². The van der Waals surface area contributed by atoms with Crippen molar-refractivity contribution in [3.63, 3.8) is 0 Å². The summed E-state index contributed by atoms with van der Waals surface area (Å²) in [4.78, 5) is 16.6. The Labute approximate surface area is 115 Å². The zero-order valence-corrected chi connectivity index (χ0v) is 9.23. The molecule has 0 aromatic heterocycles. The van der Waals surface area contributed by atoms with E-state index in [0.717, 1.165) is 0 Å². The fourth-order valence-corrected chi connectivity index (χ4v) is 0. The maximum atomic E-state index is 8.33. The molecule has 0 bridgehead atoms. The van der Waals surface area contributed by atoms with E-state index in [1.165, 1.54) is 0 Å². The van der Waals surface area contributed by atoms with E-state index in [0.29, 0.717) is 0 Å². The van der Waals surface area contributed by atoms with E-state index in [4.69, 9.17) is 30.3 Å². The van der Waals surface area contributed by atoms with Crippen molar-refractivity contribution in [2.45, 2.75) is 0 Å². The largest absolute Gasteiger partial charge is 2.00 e. The molecule has 0 unspecified atom stereocenters. The van der Waals surface area contributed by atoms with Gasteiger partial charge in [0.15, 0.2) is 0 Å². The molecule has 0 saturated heterocycles. The van der Waals surface area contributed by atoms with Crippen LogP contribution in [0.2, 0.25) is 0 Å². The summed E-state index contributed by atoms with van der Waals surface area (Å²) in [5.74, 6) is 0. The van der Waals surface area contributed by atoms with Crippen molar-refractivity contribution in [2.75, 3.05) is 0 Å². The molecule has 0 spiro atoms. The predicted molar refractivity (Wildman–Crippen MR) is 27.3 cm³/mol. The SMILES string of the molecule is O=C([O-])[O-].O=[N+]([O-])[O-].[Ca+2].[Ca+2]. The van der Waals surface area contributed by atoms with Crippen LogP contribution in [-0.4, -0.2) is 86.7 Å². The Bertz CT molecular complexity index is 73.7. The third kappa shape index (κ3) is 586. The molecule has 48 valence electrons. The molecule has 0 aliphatic rings. The van der Waals surface area contributed by atoms with Crippen molar-refractivity contribution >= 4 is 81.6 Å². The van der Waals surface area contributed by atoms with Crippen LogP contribution in [0.4, 0.5) is 4.79 Å². The van der Waals surface area contributed by atoms with Gasteiger partial charge in [0.25, 0.3) is 0 Å². The van der Waals surface area contributed by atoms with Crippen LogP contribution in [0.5, 0.6) is 0 Å². The Kier molecular flexibility index (Phi) is 37.1. The minimum absolute atomic E-state index is 0. The number of carbonyl (C=O) groups excluding carboxylic acids is 1. The second-order valence-corrected chi connectivity index (χ2v) is 0.474. The van der Waals surface area contributed by atoms with Crippen LogP contribution in [0.25, 0.3) is 0 Å². The predicted octanol–water partition coefficient (Wildman–Crippen LogP) is -3.45. The molecule has 10 heavy (non-hydrogen) atoms. The van der Waals surface area contributed by atoms with E-state index >= 15 is 0 Å². The molecule has 0 aliphatic carbocycles. The minimum atomic E-state index is -2.33. The number of carboxylic acid groups (broad SMARTS) is 2. The fourth-order valence-electron chi connectivity index (χ4n) is 0. The number of hydrogen-bond acceptors (Lipinski definition) is 6. The van der Waals surface area contributed by atoms with E-state index < -0.39 is 11.2 Å². The van der Waals surface area contributed by atoms with Gasteiger partial charge in [0.05, 0.1) is 5.09 Å². The van der Waals surface area contributed by atoms with Gasteiger partial charge in [0.2, 0.25) is 0 Å². The number of rotatable bonds is 0. The Morgan fingerprint density at radius 2 is 1.10 bits per heavy atom. The maximum Gasteiger partial charge on any atom is 2.00 e. The average molecular weight is 202 g/mol. The molecule has 0 atom stereocenters. The zero-order chi connectivity index (χ0) is 7.15. The van der Waals surface area contributed by atoms with Gasteiger partial charge in [-0.2, -0.15) is 0 Å². The van der Waals surface area contributed by atoms with Crippen LogP contribution in [-0.2, 0) is 0 Å². The summed E-state index contributed by atoms with van der Waals surface area (Å²) < 4.78 is 0. The summed E-state index contributed by atoms with van der Waals surface area (Å²) in [6, 6.07) is 0. The van der Waals surface area contributed by atoms with E-state index in [-0.39, 0.29) is 75.5 Å². The summed E-state index contributed by atoms with van der Waals surface area (Å²) in [5.41, 5.74) is 0. The molecule has 0 saturated carbocycles. The maximum absolute atomic E-state index is 8.33. The third-order valence-electron chi connectivity index (χ3n) is 0. The summed E-state index contributed by atoms with van der Waals surface area (Å²) in [6.07, 6.45) is -2.33. The summed E-state index contributed by atoms with van der Waals surface area (Å²) in [5, 5.41) is 31.4. The van der Waals surface area contributed by atoms with Gasteiger partial charge in [-0.3, -0.25) is 0 Å². The van der Waals surface area contributed by atoms with Gasteiger partial charge in [-0.25, -0.2) is 0 Å². The molecule has 7 nitrogen and oxygen atoms in total. The third-order valence-corrected chi connectivity index (χ3v) is 0. The van der Waals surface area contributed by atoms with Crippen molar-refractivity contribution in [1.82, 2.24) is 0 Å². The van der Waals surface area contributed by atoms with E-state index in [9.17, 15) is 0 Å². The summed E-state index contributed by atoms with van der Waals surface area (Å²) in [7, 11) is 0. The van der Waals surface area contributed by atoms with Crippen molar-refractivity contribution < 1.29 is 20.1 Å². The van der Waals surface area contributed by atoms with Gasteiger partial charge >= 0.3 is 75.5 Å². The molecular formula is CCa2NO6+. The van der Waals surface area contributed by atoms with Crippen molar-refractivity contribution in [1.29, 1.82) is 0 Å². The van der Waals surface area contributed by atoms with Gasteiger partial charge in [0, 0.05) is 0 Å². The van der Waals surface area contributed by atoms with Crippen LogP contribution in [0.3, 0.4) is 0 Å². The molecule has 0 amide bonds. The van der Waals surface area contributed by atoms with Crippen LogP contribution in [0, 0.1) is 15.3 Å². The quantitative estimate of drug-likeness (QED) is 0.228. The summed E-state index contributed by atoms with van der Waals surface area (Å²) >= 11 is 0. The normalized spacial score (nSPS) is 4.80. The first-order chi connectivity index (χ1) is 3.46. The number of carbonyl (C=O) groups is 1. The van der Waals surface area contributed by atoms with Crippen molar-refractivity contribution in [3.8, 4) is 0 Å². The van der Waals surface area contributed by atoms with Gasteiger partial charge in [-0.05, 0) is 6.16 Å². The Balaban J connectivity index is -0.0000000300. The van der Waals surface area contributed by atoms with E-state index in [2.05, 4.69) is 0 Å². The first-order valence-electron chi connectivity index (χ1n) is 1.16. The van der Waals surface area contributed by atoms with Gasteiger partial charge in [0.1, 0.15) is 0 Å². The Morgan fingerprint density at radius 3 is 1.10 bits per heavy atom. The molecule has 0 aliphatic heterocycles. The molecular weight excluding hydrogens is 202 g/mol. The standard InChI is InChI=1S/CH2O3.2Ca.NO3/c2-1(3)4;;;2-1(3)4/h(H2,2,3,4);;;/q;2*+2;-1/p-2. The zero-order valence-electron chi connectivity index (χ0n) is 4.81. The van der Waals surface area contributed by atoms with Crippen LogP contribution < -0.4 is 10.2 Å². The minimum Gasteiger partial charge on any atom is -0.652 e. The Morgan fingerprint density at radius 1 is 1.10 bits per heavy atom. The molecule has 0 aromatic rings. The average Bonchev–Trinajstić information content (AvgIpc) is 1.25. The summed E-state index contributed by atoms with van der Waals surface area (Å²) in [6.45, 7) is 0. The Hall–Kier alpha value is 0.989. The molecule has 0 heterocycles. The van der Waals surface area contributed by atoms with Crippen LogP contribution in [0.1, 0.15) is 0 Å². The first-order valence-corrected chi connectivity index (χ1v) is 1.16. The smallest absolute Gasteiger partial charge is 0.652 e. The number of hydrogen-bond donors (Lipinski definition) is 0. The van der Waals surface area contributed by atoms with E-state index in [1.54, 1.807) is 0 Å². The topological polar surface area (TPSA) is 129 Å². The van der Waals surface area contributed by atoms with Gasteiger partial charge in [-0.15, -0.1) is 0 Å². The fraction of sp³-hybridized carbons (Fsp3) is 0. The molecule has 0 N–H and O–H groups in total. The molecule has 0 fully saturated rings. The second kappa shape index (κ2) is 16.5. The number of nitrogens with zero attached hydrogens (tertiary/aromatic N) is 1. The first kappa shape index (κ1) is 22.4. The monoisotopic (exact) mass is 202 g/mol.